The zero-order chi connectivity index (χ0) is 14.4. The zero-order valence-electron chi connectivity index (χ0n) is 12.6. The first-order valence-electron chi connectivity index (χ1n) is 7.43. The number of imidazole rings is 1. The summed E-state index contributed by atoms with van der Waals surface area (Å²) < 4.78 is 2.22. The SMILES string of the molecule is CCCNC(c1cc(C)ccn1)c1nccn1CCC. The first-order chi connectivity index (χ1) is 9.76. The molecule has 2 rings (SSSR count). The Morgan fingerprint density at radius 2 is 2.05 bits per heavy atom. The second kappa shape index (κ2) is 7.20. The molecule has 0 fully saturated rings. The van der Waals surface area contributed by atoms with Crippen molar-refractivity contribution in [2.75, 3.05) is 6.54 Å². The van der Waals surface area contributed by atoms with Crippen LogP contribution in [0.1, 0.15) is 49.8 Å². The minimum atomic E-state index is 0.0661. The Balaban J connectivity index is 2.33. The van der Waals surface area contributed by atoms with Gasteiger partial charge in [0.1, 0.15) is 11.9 Å². The van der Waals surface area contributed by atoms with E-state index in [-0.39, 0.29) is 6.04 Å². The van der Waals surface area contributed by atoms with Crippen molar-refractivity contribution in [2.24, 2.45) is 0 Å². The number of nitrogens with zero attached hydrogens (tertiary/aromatic N) is 3. The molecule has 2 aromatic rings. The van der Waals surface area contributed by atoms with Gasteiger partial charge in [0.25, 0.3) is 0 Å². The van der Waals surface area contributed by atoms with Gasteiger partial charge in [0.05, 0.1) is 5.69 Å². The fourth-order valence-corrected chi connectivity index (χ4v) is 2.35. The van der Waals surface area contributed by atoms with E-state index >= 15 is 0 Å². The molecule has 0 bridgehead atoms. The van der Waals surface area contributed by atoms with Gasteiger partial charge in [-0.2, -0.15) is 0 Å². The van der Waals surface area contributed by atoms with Gasteiger partial charge in [0.2, 0.25) is 0 Å². The third kappa shape index (κ3) is 3.45. The number of aromatic nitrogens is 3. The molecule has 0 radical (unpaired) electrons. The Kier molecular flexibility index (Phi) is 5.30. The molecule has 1 unspecified atom stereocenters. The fourth-order valence-electron chi connectivity index (χ4n) is 2.35. The minimum Gasteiger partial charge on any atom is -0.333 e. The lowest BCUT2D eigenvalue weighted by molar-refractivity contribution is 0.521. The van der Waals surface area contributed by atoms with Crippen molar-refractivity contribution in [3.63, 3.8) is 0 Å². The van der Waals surface area contributed by atoms with Crippen molar-refractivity contribution >= 4 is 0 Å². The predicted octanol–water partition coefficient (Wildman–Crippen LogP) is 3.09. The van der Waals surface area contributed by atoms with Gasteiger partial charge in [0, 0.05) is 25.1 Å². The minimum absolute atomic E-state index is 0.0661. The van der Waals surface area contributed by atoms with Crippen molar-refractivity contribution in [1.29, 1.82) is 0 Å². The summed E-state index contributed by atoms with van der Waals surface area (Å²) in [6.07, 6.45) is 8.00. The quantitative estimate of drug-likeness (QED) is 0.842. The third-order valence-corrected chi connectivity index (χ3v) is 3.30. The van der Waals surface area contributed by atoms with E-state index in [1.807, 2.05) is 18.5 Å². The van der Waals surface area contributed by atoms with Crippen LogP contribution >= 0.6 is 0 Å². The molecule has 0 aliphatic heterocycles. The summed E-state index contributed by atoms with van der Waals surface area (Å²) in [5.41, 5.74) is 2.27. The molecule has 1 N–H and O–H groups in total. The maximum absolute atomic E-state index is 4.55. The second-order valence-electron chi connectivity index (χ2n) is 5.12. The molecule has 0 amide bonds. The monoisotopic (exact) mass is 272 g/mol. The van der Waals surface area contributed by atoms with Crippen LogP contribution in [0.5, 0.6) is 0 Å². The van der Waals surface area contributed by atoms with E-state index in [1.54, 1.807) is 0 Å². The zero-order valence-corrected chi connectivity index (χ0v) is 12.6. The lowest BCUT2D eigenvalue weighted by Gasteiger charge is -2.19. The Bertz CT molecular complexity index is 533. The molecule has 2 aromatic heterocycles. The van der Waals surface area contributed by atoms with Crippen LogP contribution in [0.4, 0.5) is 0 Å². The lowest BCUT2D eigenvalue weighted by Crippen LogP contribution is -2.27. The molecular formula is C16H24N4. The summed E-state index contributed by atoms with van der Waals surface area (Å²) in [7, 11) is 0. The van der Waals surface area contributed by atoms with E-state index in [4.69, 9.17) is 0 Å². The number of hydrogen-bond acceptors (Lipinski definition) is 3. The van der Waals surface area contributed by atoms with Crippen LogP contribution in [0.2, 0.25) is 0 Å². The van der Waals surface area contributed by atoms with Gasteiger partial charge in [-0.3, -0.25) is 4.98 Å². The predicted molar refractivity (Wildman–Crippen MR) is 81.6 cm³/mol. The molecular weight excluding hydrogens is 248 g/mol. The van der Waals surface area contributed by atoms with Crippen LogP contribution in [0.25, 0.3) is 0 Å². The Hall–Kier alpha value is -1.68. The largest absolute Gasteiger partial charge is 0.333 e. The highest BCUT2D eigenvalue weighted by Crippen LogP contribution is 2.20. The summed E-state index contributed by atoms with van der Waals surface area (Å²) in [5.74, 6) is 1.05. The first-order valence-corrected chi connectivity index (χ1v) is 7.43. The summed E-state index contributed by atoms with van der Waals surface area (Å²) in [6, 6.07) is 4.23. The van der Waals surface area contributed by atoms with Crippen molar-refractivity contribution in [3.05, 3.63) is 47.8 Å². The molecule has 0 aromatic carbocycles. The molecule has 108 valence electrons. The third-order valence-electron chi connectivity index (χ3n) is 3.30. The molecule has 0 aliphatic rings. The van der Waals surface area contributed by atoms with E-state index in [0.29, 0.717) is 0 Å². The summed E-state index contributed by atoms with van der Waals surface area (Å²) in [6.45, 7) is 8.40. The van der Waals surface area contributed by atoms with Crippen molar-refractivity contribution in [2.45, 2.75) is 46.2 Å². The van der Waals surface area contributed by atoms with Crippen molar-refractivity contribution in [3.8, 4) is 0 Å². The maximum Gasteiger partial charge on any atom is 0.132 e. The van der Waals surface area contributed by atoms with Crippen LogP contribution in [0, 0.1) is 6.92 Å². The van der Waals surface area contributed by atoms with Crippen LogP contribution in [0.15, 0.2) is 30.7 Å². The molecule has 4 heteroatoms. The normalized spacial score (nSPS) is 12.6. The highest BCUT2D eigenvalue weighted by Gasteiger charge is 2.19. The maximum atomic E-state index is 4.55. The van der Waals surface area contributed by atoms with Gasteiger partial charge in [-0.25, -0.2) is 4.98 Å². The first kappa shape index (κ1) is 14.7. The van der Waals surface area contributed by atoms with E-state index < -0.39 is 0 Å². The molecule has 0 spiro atoms. The molecule has 2 heterocycles. The van der Waals surface area contributed by atoms with Gasteiger partial charge >= 0.3 is 0 Å². The molecule has 1 atom stereocenters. The number of pyridine rings is 1. The Morgan fingerprint density at radius 1 is 1.20 bits per heavy atom. The van der Waals surface area contributed by atoms with Crippen LogP contribution < -0.4 is 5.32 Å². The standard InChI is InChI=1S/C16H24N4/c1-4-7-18-15(14-12-13(3)6-8-17-14)16-19-9-11-20(16)10-5-2/h6,8-9,11-12,15,18H,4-5,7,10H2,1-3H3. The Morgan fingerprint density at radius 3 is 2.75 bits per heavy atom. The average molecular weight is 272 g/mol. The molecule has 0 aliphatic carbocycles. The van der Waals surface area contributed by atoms with Crippen LogP contribution in [-0.4, -0.2) is 21.1 Å². The van der Waals surface area contributed by atoms with E-state index in [2.05, 4.69) is 52.9 Å². The molecule has 0 saturated heterocycles. The second-order valence-corrected chi connectivity index (χ2v) is 5.12. The van der Waals surface area contributed by atoms with Crippen LogP contribution in [-0.2, 0) is 6.54 Å². The van der Waals surface area contributed by atoms with Crippen LogP contribution in [0.3, 0.4) is 0 Å². The van der Waals surface area contributed by atoms with Crippen molar-refractivity contribution < 1.29 is 0 Å². The van der Waals surface area contributed by atoms with Crippen molar-refractivity contribution in [1.82, 2.24) is 19.9 Å². The van der Waals surface area contributed by atoms with E-state index in [1.165, 1.54) is 5.56 Å². The highest BCUT2D eigenvalue weighted by atomic mass is 15.1. The topological polar surface area (TPSA) is 42.7 Å². The molecule has 4 nitrogen and oxygen atoms in total. The Labute approximate surface area is 121 Å². The van der Waals surface area contributed by atoms with Gasteiger partial charge in [0.15, 0.2) is 0 Å². The summed E-state index contributed by atoms with van der Waals surface area (Å²) in [5, 5.41) is 3.57. The summed E-state index contributed by atoms with van der Waals surface area (Å²) in [4.78, 5) is 9.09. The van der Waals surface area contributed by atoms with Gasteiger partial charge in [-0.05, 0) is 44.0 Å². The number of aryl methyl sites for hydroxylation is 2. The van der Waals surface area contributed by atoms with Gasteiger partial charge in [-0.15, -0.1) is 0 Å². The number of nitrogens with one attached hydrogen (secondary N) is 1. The van der Waals surface area contributed by atoms with Gasteiger partial charge in [-0.1, -0.05) is 13.8 Å². The van der Waals surface area contributed by atoms with Gasteiger partial charge < -0.3 is 9.88 Å². The number of hydrogen-bond donors (Lipinski definition) is 1. The average Bonchev–Trinajstić information content (AvgIpc) is 2.88. The summed E-state index contributed by atoms with van der Waals surface area (Å²) >= 11 is 0. The highest BCUT2D eigenvalue weighted by molar-refractivity contribution is 5.22. The fraction of sp³-hybridized carbons (Fsp3) is 0.500. The lowest BCUT2D eigenvalue weighted by atomic mass is 10.1. The molecule has 20 heavy (non-hydrogen) atoms. The number of rotatable bonds is 7. The van der Waals surface area contributed by atoms with E-state index in [9.17, 15) is 0 Å². The van der Waals surface area contributed by atoms with E-state index in [0.717, 1.165) is 37.4 Å². The molecule has 0 saturated carbocycles. The smallest absolute Gasteiger partial charge is 0.132 e.